The lowest BCUT2D eigenvalue weighted by molar-refractivity contribution is -0.142. The monoisotopic (exact) mass is 336 g/mol. The summed E-state index contributed by atoms with van der Waals surface area (Å²) in [5, 5.41) is 6.33. The van der Waals surface area contributed by atoms with Crippen molar-refractivity contribution in [1.29, 1.82) is 0 Å². The fourth-order valence-electron chi connectivity index (χ4n) is 1.48. The summed E-state index contributed by atoms with van der Waals surface area (Å²) in [4.78, 5) is 35.2. The molecule has 2 heterocycles. The van der Waals surface area contributed by atoms with E-state index >= 15 is 0 Å². The predicted molar refractivity (Wildman–Crippen MR) is 85.8 cm³/mol. The molecule has 0 aliphatic heterocycles. The molecule has 0 bridgehead atoms. The van der Waals surface area contributed by atoms with Gasteiger partial charge < -0.3 is 15.8 Å². The number of nitrogens with one attached hydrogen (secondary N) is 1. The molecule has 2 aromatic rings. The quantitative estimate of drug-likeness (QED) is 0.623. The summed E-state index contributed by atoms with van der Waals surface area (Å²) in [6.45, 7) is -0.441. The van der Waals surface area contributed by atoms with Crippen LogP contribution in [0.2, 0.25) is 0 Å². The molecular formula is C14H12N2O4S2. The van der Waals surface area contributed by atoms with Crippen molar-refractivity contribution < 1.29 is 19.1 Å². The Balaban J connectivity index is 1.81. The molecule has 0 fully saturated rings. The number of nitrogens with two attached hydrogens (primary N) is 1. The molecule has 3 N–H and O–H groups in total. The zero-order valence-electron chi connectivity index (χ0n) is 11.3. The third-order valence-corrected chi connectivity index (χ3v) is 4.12. The van der Waals surface area contributed by atoms with Gasteiger partial charge in [-0.05, 0) is 29.0 Å². The van der Waals surface area contributed by atoms with Crippen LogP contribution in [0.5, 0.6) is 0 Å². The van der Waals surface area contributed by atoms with Crippen molar-refractivity contribution in [2.24, 2.45) is 5.73 Å². The first kappa shape index (κ1) is 15.9. The molecule has 0 radical (unpaired) electrons. The van der Waals surface area contributed by atoms with E-state index in [9.17, 15) is 14.4 Å². The van der Waals surface area contributed by atoms with Gasteiger partial charge in [0.15, 0.2) is 6.61 Å². The van der Waals surface area contributed by atoms with Crippen LogP contribution in [-0.2, 0) is 14.3 Å². The maximum Gasteiger partial charge on any atom is 0.331 e. The molecule has 0 aromatic carbocycles. The normalized spacial score (nSPS) is 10.5. The van der Waals surface area contributed by atoms with E-state index in [4.69, 9.17) is 10.5 Å². The minimum absolute atomic E-state index is 0.224. The van der Waals surface area contributed by atoms with Gasteiger partial charge in [0.1, 0.15) is 5.00 Å². The summed E-state index contributed by atoms with van der Waals surface area (Å²) in [5.41, 5.74) is 5.39. The molecular weight excluding hydrogens is 324 g/mol. The van der Waals surface area contributed by atoms with E-state index in [1.165, 1.54) is 23.5 Å². The van der Waals surface area contributed by atoms with E-state index in [0.717, 1.165) is 16.2 Å². The van der Waals surface area contributed by atoms with Crippen LogP contribution < -0.4 is 11.1 Å². The van der Waals surface area contributed by atoms with Crippen LogP contribution in [-0.4, -0.2) is 24.4 Å². The predicted octanol–water partition coefficient (Wildman–Crippen LogP) is 2.10. The zero-order valence-corrected chi connectivity index (χ0v) is 12.9. The lowest BCUT2D eigenvalue weighted by atomic mass is 10.3. The van der Waals surface area contributed by atoms with Crippen LogP contribution >= 0.6 is 22.7 Å². The van der Waals surface area contributed by atoms with Gasteiger partial charge in [-0.25, -0.2) is 4.79 Å². The van der Waals surface area contributed by atoms with E-state index in [-0.39, 0.29) is 5.56 Å². The lowest BCUT2D eigenvalue weighted by Crippen LogP contribution is -2.21. The van der Waals surface area contributed by atoms with Gasteiger partial charge in [0.25, 0.3) is 11.8 Å². The average molecular weight is 336 g/mol. The molecule has 0 unspecified atom stereocenters. The topological polar surface area (TPSA) is 98.5 Å². The fraction of sp³-hybridized carbons (Fsp3) is 0.0714. The molecule has 6 nitrogen and oxygen atoms in total. The van der Waals surface area contributed by atoms with Crippen molar-refractivity contribution in [3.63, 3.8) is 0 Å². The van der Waals surface area contributed by atoms with E-state index in [0.29, 0.717) is 5.00 Å². The molecule has 8 heteroatoms. The summed E-state index contributed by atoms with van der Waals surface area (Å²) >= 11 is 2.64. The number of amides is 2. The minimum atomic E-state index is -0.632. The van der Waals surface area contributed by atoms with Crippen LogP contribution in [0, 0.1) is 0 Å². The second kappa shape index (κ2) is 7.53. The fourth-order valence-corrected chi connectivity index (χ4v) is 2.91. The van der Waals surface area contributed by atoms with Gasteiger partial charge in [-0.3, -0.25) is 9.59 Å². The van der Waals surface area contributed by atoms with E-state index < -0.39 is 24.4 Å². The summed E-state index contributed by atoms with van der Waals surface area (Å²) in [6, 6.07) is 5.22. The molecule has 2 amide bonds. The number of rotatable bonds is 6. The molecule has 114 valence electrons. The average Bonchev–Trinajstić information content (AvgIpc) is 3.14. The van der Waals surface area contributed by atoms with Crippen LogP contribution in [0.1, 0.15) is 15.2 Å². The van der Waals surface area contributed by atoms with Gasteiger partial charge in [-0.15, -0.1) is 22.7 Å². The van der Waals surface area contributed by atoms with Gasteiger partial charge in [0, 0.05) is 11.0 Å². The van der Waals surface area contributed by atoms with Gasteiger partial charge in [-0.1, -0.05) is 6.07 Å². The van der Waals surface area contributed by atoms with E-state index in [1.807, 2.05) is 17.5 Å². The summed E-state index contributed by atoms with van der Waals surface area (Å²) < 4.78 is 4.81. The van der Waals surface area contributed by atoms with Gasteiger partial charge in [0.05, 0.1) is 5.56 Å². The Morgan fingerprint density at radius 2 is 2.05 bits per heavy atom. The standard InChI is InChI=1S/C14H12N2O4S2/c15-13(19)10-5-7-22-14(10)16-11(17)8-20-12(18)4-3-9-2-1-6-21-9/h1-7H,8H2,(H2,15,19)(H,16,17)/b4-3+. The number of hydrogen-bond donors (Lipinski definition) is 2. The van der Waals surface area contributed by atoms with Gasteiger partial charge in [-0.2, -0.15) is 0 Å². The Morgan fingerprint density at radius 3 is 2.73 bits per heavy atom. The summed E-state index contributed by atoms with van der Waals surface area (Å²) in [7, 11) is 0. The Kier molecular flexibility index (Phi) is 5.45. The maximum absolute atomic E-state index is 11.7. The first-order valence-corrected chi connectivity index (χ1v) is 7.87. The number of ether oxygens (including phenoxy) is 1. The Morgan fingerprint density at radius 1 is 1.23 bits per heavy atom. The van der Waals surface area contributed by atoms with Crippen LogP contribution in [0.25, 0.3) is 6.08 Å². The Labute approximate surface area is 134 Å². The second-order valence-corrected chi connectivity index (χ2v) is 5.93. The molecule has 2 aromatic heterocycles. The zero-order chi connectivity index (χ0) is 15.9. The lowest BCUT2D eigenvalue weighted by Gasteiger charge is -2.04. The SMILES string of the molecule is NC(=O)c1ccsc1NC(=O)COC(=O)/C=C/c1cccs1. The number of thiophene rings is 2. The number of carbonyl (C=O) groups excluding carboxylic acids is 3. The number of esters is 1. The van der Waals surface area contributed by atoms with Crippen molar-refractivity contribution in [2.75, 3.05) is 11.9 Å². The third kappa shape index (κ3) is 4.54. The Bertz CT molecular complexity index is 704. The highest BCUT2D eigenvalue weighted by Gasteiger charge is 2.13. The molecule has 0 aliphatic carbocycles. The molecule has 0 spiro atoms. The Hall–Kier alpha value is -2.45. The van der Waals surface area contributed by atoms with Crippen molar-refractivity contribution >= 4 is 51.5 Å². The third-order valence-electron chi connectivity index (χ3n) is 2.46. The van der Waals surface area contributed by atoms with E-state index in [1.54, 1.807) is 11.5 Å². The molecule has 2 rings (SSSR count). The van der Waals surface area contributed by atoms with Gasteiger partial charge in [0.2, 0.25) is 0 Å². The minimum Gasteiger partial charge on any atom is -0.452 e. The second-order valence-electron chi connectivity index (χ2n) is 4.03. The largest absolute Gasteiger partial charge is 0.452 e. The molecule has 0 saturated carbocycles. The van der Waals surface area contributed by atoms with Crippen LogP contribution in [0.3, 0.4) is 0 Å². The van der Waals surface area contributed by atoms with Crippen molar-refractivity contribution in [3.8, 4) is 0 Å². The number of primary amides is 1. The van der Waals surface area contributed by atoms with Crippen molar-refractivity contribution in [2.45, 2.75) is 0 Å². The number of anilines is 1. The van der Waals surface area contributed by atoms with Crippen molar-refractivity contribution in [3.05, 3.63) is 45.5 Å². The highest BCUT2D eigenvalue weighted by Crippen LogP contribution is 2.22. The van der Waals surface area contributed by atoms with Crippen molar-refractivity contribution in [1.82, 2.24) is 0 Å². The van der Waals surface area contributed by atoms with Crippen LogP contribution in [0.15, 0.2) is 35.0 Å². The number of hydrogen-bond acceptors (Lipinski definition) is 6. The highest BCUT2D eigenvalue weighted by atomic mass is 32.1. The smallest absolute Gasteiger partial charge is 0.331 e. The first-order valence-electron chi connectivity index (χ1n) is 6.12. The van der Waals surface area contributed by atoms with Crippen LogP contribution in [0.4, 0.5) is 5.00 Å². The highest BCUT2D eigenvalue weighted by molar-refractivity contribution is 7.14. The number of carbonyl (C=O) groups is 3. The molecule has 0 atom stereocenters. The molecule has 0 aliphatic rings. The summed E-state index contributed by atoms with van der Waals surface area (Å²) in [5.74, 6) is -1.79. The molecule has 22 heavy (non-hydrogen) atoms. The molecule has 0 saturated heterocycles. The first-order chi connectivity index (χ1) is 10.6. The summed E-state index contributed by atoms with van der Waals surface area (Å²) in [6.07, 6.45) is 2.86. The van der Waals surface area contributed by atoms with Gasteiger partial charge >= 0.3 is 5.97 Å². The maximum atomic E-state index is 11.7. The van der Waals surface area contributed by atoms with E-state index in [2.05, 4.69) is 5.32 Å².